The second-order valence-corrected chi connectivity index (χ2v) is 8.91. The first-order chi connectivity index (χ1) is 17.8. The molecule has 0 bridgehead atoms. The zero-order valence-electron chi connectivity index (χ0n) is 19.5. The van der Waals surface area contributed by atoms with Gasteiger partial charge in [-0.3, -0.25) is 19.3 Å². The first-order valence-corrected chi connectivity index (χ1v) is 11.6. The Hall–Kier alpha value is -4.56. The highest BCUT2D eigenvalue weighted by Crippen LogP contribution is 2.43. The van der Waals surface area contributed by atoms with Crippen molar-refractivity contribution in [1.82, 2.24) is 0 Å². The van der Waals surface area contributed by atoms with Crippen molar-refractivity contribution in [3.05, 3.63) is 106 Å². The number of halogens is 1. The summed E-state index contributed by atoms with van der Waals surface area (Å²) < 4.78 is 11.1. The number of ether oxygens (including phenoxy) is 1. The Morgan fingerprint density at radius 2 is 1.81 bits per heavy atom. The molecule has 0 saturated heterocycles. The van der Waals surface area contributed by atoms with Gasteiger partial charge in [-0.2, -0.15) is 0 Å². The zero-order valence-corrected chi connectivity index (χ0v) is 20.2. The topological polar surface area (TPSA) is 117 Å². The molecule has 1 atom stereocenters. The highest BCUT2D eigenvalue weighted by molar-refractivity contribution is 6.31. The predicted molar refractivity (Wildman–Crippen MR) is 136 cm³/mol. The molecule has 1 aromatic heterocycles. The lowest BCUT2D eigenvalue weighted by Gasteiger charge is -2.27. The number of carbonyl (C=O) groups excluding carboxylic acids is 2. The molecule has 2 heterocycles. The van der Waals surface area contributed by atoms with Gasteiger partial charge in [-0.1, -0.05) is 35.9 Å². The molecule has 8 nitrogen and oxygen atoms in total. The van der Waals surface area contributed by atoms with Crippen LogP contribution >= 0.6 is 11.6 Å². The van der Waals surface area contributed by atoms with Gasteiger partial charge in [0.1, 0.15) is 11.3 Å². The molecule has 1 amide bonds. The average Bonchev–Trinajstić information content (AvgIpc) is 3.42. The van der Waals surface area contributed by atoms with Crippen molar-refractivity contribution in [3.63, 3.8) is 0 Å². The number of aliphatic carboxylic acids is 1. The van der Waals surface area contributed by atoms with Gasteiger partial charge in [0.2, 0.25) is 5.78 Å². The van der Waals surface area contributed by atoms with Crippen LogP contribution in [0.5, 0.6) is 5.75 Å². The van der Waals surface area contributed by atoms with Crippen molar-refractivity contribution in [1.29, 1.82) is 0 Å². The summed E-state index contributed by atoms with van der Waals surface area (Å²) in [5.41, 5.74) is 1.71. The van der Waals surface area contributed by atoms with Crippen LogP contribution in [0.3, 0.4) is 0 Å². The van der Waals surface area contributed by atoms with Crippen molar-refractivity contribution < 1.29 is 33.8 Å². The van der Waals surface area contributed by atoms with E-state index in [-0.39, 0.29) is 17.8 Å². The molecule has 0 saturated carbocycles. The minimum Gasteiger partial charge on any atom is -0.503 e. The molecule has 9 heteroatoms. The Kier molecular flexibility index (Phi) is 6.19. The van der Waals surface area contributed by atoms with Crippen LogP contribution in [0.2, 0.25) is 5.02 Å². The van der Waals surface area contributed by atoms with Crippen LogP contribution in [0.4, 0.5) is 5.69 Å². The van der Waals surface area contributed by atoms with Crippen LogP contribution in [0.1, 0.15) is 27.7 Å². The fourth-order valence-electron chi connectivity index (χ4n) is 4.44. The molecule has 3 aromatic carbocycles. The molecule has 0 fully saturated rings. The van der Waals surface area contributed by atoms with Gasteiger partial charge in [-0.15, -0.1) is 0 Å². The third kappa shape index (κ3) is 4.43. The van der Waals surface area contributed by atoms with E-state index in [1.54, 1.807) is 66.7 Å². The number of aliphatic hydroxyl groups excluding tert-OH is 1. The molecule has 0 spiro atoms. The molecular weight excluding hydrogens is 498 g/mol. The van der Waals surface area contributed by atoms with E-state index in [2.05, 4.69) is 0 Å². The Morgan fingerprint density at radius 3 is 2.51 bits per heavy atom. The number of hydrogen-bond donors (Lipinski definition) is 2. The van der Waals surface area contributed by atoms with E-state index in [9.17, 15) is 19.5 Å². The number of methoxy groups -OCH3 is 1. The van der Waals surface area contributed by atoms with Crippen LogP contribution in [0.15, 0.2) is 88.5 Å². The Labute approximate surface area is 215 Å². The lowest BCUT2D eigenvalue weighted by atomic mass is 9.94. The summed E-state index contributed by atoms with van der Waals surface area (Å²) in [5, 5.41) is 21.1. The minimum absolute atomic E-state index is 0.0573. The summed E-state index contributed by atoms with van der Waals surface area (Å²) in [6.07, 6.45) is -0.184. The van der Waals surface area contributed by atoms with Gasteiger partial charge in [-0.05, 0) is 59.7 Å². The number of Topliss-reactive ketones (excluding diaryl/α,β-unsaturated/α-hetero) is 1. The number of fused-ring (bicyclic) bond motifs is 1. The Bertz CT molecular complexity index is 1590. The Balaban J connectivity index is 1.62. The molecule has 4 aromatic rings. The molecule has 37 heavy (non-hydrogen) atoms. The SMILES string of the molecule is COc1cccc(C2C(C(=O)c3cc4cc(Cl)ccc4o3)=C(O)C(=O)N2c2ccc(CC(=O)O)cc2)c1. The summed E-state index contributed by atoms with van der Waals surface area (Å²) in [7, 11) is 1.50. The quantitative estimate of drug-likeness (QED) is 0.310. The first-order valence-electron chi connectivity index (χ1n) is 11.2. The van der Waals surface area contributed by atoms with E-state index >= 15 is 0 Å². The number of aliphatic hydroxyl groups is 1. The van der Waals surface area contributed by atoms with Crippen molar-refractivity contribution in [2.75, 3.05) is 12.0 Å². The summed E-state index contributed by atoms with van der Waals surface area (Å²) in [4.78, 5) is 39.5. The van der Waals surface area contributed by atoms with Gasteiger partial charge < -0.3 is 19.4 Å². The third-order valence-corrected chi connectivity index (χ3v) is 6.37. The third-order valence-electron chi connectivity index (χ3n) is 6.13. The van der Waals surface area contributed by atoms with Gasteiger partial charge >= 0.3 is 5.97 Å². The van der Waals surface area contributed by atoms with Crippen LogP contribution < -0.4 is 9.64 Å². The average molecular weight is 518 g/mol. The van der Waals surface area contributed by atoms with Crippen LogP contribution in [-0.2, 0) is 16.0 Å². The smallest absolute Gasteiger partial charge is 0.307 e. The lowest BCUT2D eigenvalue weighted by molar-refractivity contribution is -0.136. The van der Waals surface area contributed by atoms with Gasteiger partial charge in [0, 0.05) is 16.1 Å². The standard InChI is InChI=1S/C28H20ClNO7/c1-36-20-4-2-3-16(13-20)25-24(26(33)22-14-17-12-18(29)7-10-21(17)37-22)27(34)28(35)30(25)19-8-5-15(6-9-19)11-23(31)32/h2-10,12-14,25,34H,11H2,1H3,(H,31,32). The number of carboxylic acid groups (broad SMARTS) is 1. The molecule has 1 aliphatic heterocycles. The number of carboxylic acids is 1. The van der Waals surface area contributed by atoms with Gasteiger partial charge in [0.05, 0.1) is 25.1 Å². The number of amides is 1. The number of rotatable bonds is 7. The maximum Gasteiger partial charge on any atom is 0.307 e. The molecule has 1 aliphatic rings. The summed E-state index contributed by atoms with van der Waals surface area (Å²) in [5.74, 6) is -2.68. The second kappa shape index (κ2) is 9.48. The van der Waals surface area contributed by atoms with E-state index in [4.69, 9.17) is 25.9 Å². The number of anilines is 1. The molecule has 2 N–H and O–H groups in total. The van der Waals surface area contributed by atoms with Crippen LogP contribution in [0, 0.1) is 0 Å². The van der Waals surface area contributed by atoms with E-state index in [1.165, 1.54) is 18.1 Å². The number of nitrogens with zero attached hydrogens (tertiary/aromatic N) is 1. The van der Waals surface area contributed by atoms with Crippen molar-refractivity contribution >= 4 is 45.9 Å². The predicted octanol–water partition coefficient (Wildman–Crippen LogP) is 5.50. The van der Waals surface area contributed by atoms with Gasteiger partial charge in [0.15, 0.2) is 11.5 Å². The van der Waals surface area contributed by atoms with E-state index in [0.717, 1.165) is 0 Å². The summed E-state index contributed by atoms with van der Waals surface area (Å²) in [6.45, 7) is 0. The second-order valence-electron chi connectivity index (χ2n) is 8.48. The van der Waals surface area contributed by atoms with Crippen LogP contribution in [0.25, 0.3) is 11.0 Å². The van der Waals surface area contributed by atoms with E-state index < -0.39 is 29.5 Å². The summed E-state index contributed by atoms with van der Waals surface area (Å²) in [6, 6.07) is 18.6. The number of ketones is 1. The number of benzene rings is 3. The number of hydrogen-bond acceptors (Lipinski definition) is 6. The molecule has 1 unspecified atom stereocenters. The highest BCUT2D eigenvalue weighted by Gasteiger charge is 2.45. The molecule has 5 rings (SSSR count). The van der Waals surface area contributed by atoms with Crippen molar-refractivity contribution in [2.24, 2.45) is 0 Å². The minimum atomic E-state index is -1.00. The van der Waals surface area contributed by atoms with Gasteiger partial charge in [0.25, 0.3) is 5.91 Å². The van der Waals surface area contributed by atoms with Crippen molar-refractivity contribution in [3.8, 4) is 5.75 Å². The molecule has 0 aliphatic carbocycles. The van der Waals surface area contributed by atoms with E-state index in [0.29, 0.717) is 38.6 Å². The lowest BCUT2D eigenvalue weighted by Crippen LogP contribution is -2.31. The monoisotopic (exact) mass is 517 g/mol. The fourth-order valence-corrected chi connectivity index (χ4v) is 4.62. The zero-order chi connectivity index (χ0) is 26.3. The van der Waals surface area contributed by atoms with Crippen LogP contribution in [-0.4, -0.2) is 35.0 Å². The fraction of sp³-hybridized carbons (Fsp3) is 0.107. The molecule has 0 radical (unpaired) electrons. The van der Waals surface area contributed by atoms with E-state index in [1.807, 2.05) is 0 Å². The first kappa shape index (κ1) is 24.1. The number of furan rings is 1. The van der Waals surface area contributed by atoms with Gasteiger partial charge in [-0.25, -0.2) is 0 Å². The highest BCUT2D eigenvalue weighted by atomic mass is 35.5. The molecule has 186 valence electrons. The normalized spacial score (nSPS) is 15.5. The maximum absolute atomic E-state index is 13.7. The summed E-state index contributed by atoms with van der Waals surface area (Å²) >= 11 is 6.06. The van der Waals surface area contributed by atoms with Crippen molar-refractivity contribution in [2.45, 2.75) is 12.5 Å². The Morgan fingerprint density at radius 1 is 1.05 bits per heavy atom. The maximum atomic E-state index is 13.7. The largest absolute Gasteiger partial charge is 0.503 e. The molecular formula is C28H20ClNO7. The number of carbonyl (C=O) groups is 3.